The van der Waals surface area contributed by atoms with Gasteiger partial charge >= 0.3 is 0 Å². The van der Waals surface area contributed by atoms with Gasteiger partial charge in [-0.15, -0.1) is 0 Å². The molecule has 15 heavy (non-hydrogen) atoms. The summed E-state index contributed by atoms with van der Waals surface area (Å²) in [6.45, 7) is 5.54. The molecule has 2 N–H and O–H groups in total. The molecular formula is C12H21NO2. The van der Waals surface area contributed by atoms with Crippen LogP contribution in [0.2, 0.25) is 0 Å². The van der Waals surface area contributed by atoms with Crippen LogP contribution in [0, 0.1) is 0 Å². The molecule has 1 rings (SSSR count). The molecule has 0 spiro atoms. The van der Waals surface area contributed by atoms with Crippen LogP contribution in [0.15, 0.2) is 24.3 Å². The number of ether oxygens (including phenoxy) is 1. The number of ketones is 1. The molecular weight excluding hydrogens is 190 g/mol. The number of Topliss-reactive ketones (excluding diaryl/α,β-unsaturated/α-hetero) is 1. The van der Waals surface area contributed by atoms with Gasteiger partial charge in [0.15, 0.2) is 5.78 Å². The summed E-state index contributed by atoms with van der Waals surface area (Å²) in [6, 6.07) is 7.05. The number of hydrogen-bond donors (Lipinski definition) is 1. The zero-order valence-electron chi connectivity index (χ0n) is 10.2. The van der Waals surface area contributed by atoms with Crippen molar-refractivity contribution in [3.05, 3.63) is 29.8 Å². The Hall–Kier alpha value is -1.35. The van der Waals surface area contributed by atoms with Crippen LogP contribution in [0.5, 0.6) is 5.75 Å². The molecule has 0 saturated heterocycles. The van der Waals surface area contributed by atoms with Crippen molar-refractivity contribution in [3.8, 4) is 5.75 Å². The predicted octanol–water partition coefficient (Wildman–Crippen LogP) is 2.50. The second-order valence-corrected chi connectivity index (χ2v) is 2.28. The van der Waals surface area contributed by atoms with Crippen molar-refractivity contribution in [2.75, 3.05) is 14.2 Å². The third kappa shape index (κ3) is 6.69. The van der Waals surface area contributed by atoms with Gasteiger partial charge in [0.1, 0.15) is 5.75 Å². The van der Waals surface area contributed by atoms with E-state index in [9.17, 15) is 4.79 Å². The highest BCUT2D eigenvalue weighted by Crippen LogP contribution is 2.11. The fraction of sp³-hybridized carbons (Fsp3) is 0.417. The standard InChI is InChI=1S/C9H10O2.C2H6.CH5N/c1-7(10)8-3-5-9(11-2)6-4-8;2*1-2/h3-6H,1-2H3;1-2H3;2H2,1H3. The normalized spacial score (nSPS) is 7.60. The molecule has 0 radical (unpaired) electrons. The molecule has 0 bridgehead atoms. The van der Waals surface area contributed by atoms with Crippen LogP contribution in [-0.2, 0) is 0 Å². The van der Waals surface area contributed by atoms with E-state index in [-0.39, 0.29) is 5.78 Å². The Bertz CT molecular complexity index is 255. The van der Waals surface area contributed by atoms with Gasteiger partial charge in [-0.3, -0.25) is 4.79 Å². The zero-order valence-corrected chi connectivity index (χ0v) is 10.2. The van der Waals surface area contributed by atoms with Crippen molar-refractivity contribution < 1.29 is 9.53 Å². The molecule has 0 aromatic heterocycles. The molecule has 0 aliphatic rings. The van der Waals surface area contributed by atoms with Gasteiger partial charge < -0.3 is 10.5 Å². The number of methoxy groups -OCH3 is 1. The third-order valence-electron chi connectivity index (χ3n) is 1.50. The van der Waals surface area contributed by atoms with Crippen LogP contribution >= 0.6 is 0 Å². The number of hydrogen-bond acceptors (Lipinski definition) is 3. The molecule has 3 heteroatoms. The lowest BCUT2D eigenvalue weighted by Crippen LogP contribution is -1.91. The first-order valence-electron chi connectivity index (χ1n) is 4.97. The lowest BCUT2D eigenvalue weighted by atomic mass is 10.1. The highest BCUT2D eigenvalue weighted by Gasteiger charge is 1.97. The fourth-order valence-corrected chi connectivity index (χ4v) is 0.826. The summed E-state index contributed by atoms with van der Waals surface area (Å²) >= 11 is 0. The smallest absolute Gasteiger partial charge is 0.159 e. The van der Waals surface area contributed by atoms with Crippen LogP contribution in [0.25, 0.3) is 0 Å². The minimum absolute atomic E-state index is 0.0765. The van der Waals surface area contributed by atoms with Crippen LogP contribution in [-0.4, -0.2) is 19.9 Å². The minimum atomic E-state index is 0.0765. The quantitative estimate of drug-likeness (QED) is 0.765. The molecule has 86 valence electrons. The molecule has 0 heterocycles. The lowest BCUT2D eigenvalue weighted by molar-refractivity contribution is 0.101. The molecule has 0 aliphatic heterocycles. The first-order valence-corrected chi connectivity index (χ1v) is 4.97. The topological polar surface area (TPSA) is 52.3 Å². The summed E-state index contributed by atoms with van der Waals surface area (Å²) in [7, 11) is 3.10. The van der Waals surface area contributed by atoms with Gasteiger partial charge in [0.25, 0.3) is 0 Å². The Kier molecular flexibility index (Phi) is 11.5. The number of nitrogens with two attached hydrogens (primary N) is 1. The van der Waals surface area contributed by atoms with E-state index in [1.54, 1.807) is 38.3 Å². The molecule has 0 fully saturated rings. The average Bonchev–Trinajstić information content (AvgIpc) is 2.34. The van der Waals surface area contributed by atoms with E-state index in [2.05, 4.69) is 5.73 Å². The largest absolute Gasteiger partial charge is 0.497 e. The summed E-state index contributed by atoms with van der Waals surface area (Å²) in [5.41, 5.74) is 5.21. The van der Waals surface area contributed by atoms with Gasteiger partial charge in [-0.25, -0.2) is 0 Å². The van der Waals surface area contributed by atoms with Crippen LogP contribution in [0.1, 0.15) is 31.1 Å². The van der Waals surface area contributed by atoms with E-state index in [1.807, 2.05) is 13.8 Å². The van der Waals surface area contributed by atoms with Gasteiger partial charge in [-0.1, -0.05) is 13.8 Å². The van der Waals surface area contributed by atoms with Crippen molar-refractivity contribution in [2.24, 2.45) is 5.73 Å². The number of benzene rings is 1. The van der Waals surface area contributed by atoms with Crippen molar-refractivity contribution in [3.63, 3.8) is 0 Å². The van der Waals surface area contributed by atoms with Crippen LogP contribution < -0.4 is 10.5 Å². The van der Waals surface area contributed by atoms with E-state index in [0.29, 0.717) is 5.56 Å². The lowest BCUT2D eigenvalue weighted by Gasteiger charge is -1.98. The van der Waals surface area contributed by atoms with Crippen LogP contribution in [0.4, 0.5) is 0 Å². The Labute approximate surface area is 92.2 Å². The Morgan fingerprint density at radius 3 is 1.80 bits per heavy atom. The summed E-state index contributed by atoms with van der Waals surface area (Å²) in [5.74, 6) is 0.850. The molecule has 3 nitrogen and oxygen atoms in total. The minimum Gasteiger partial charge on any atom is -0.497 e. The maximum absolute atomic E-state index is 10.8. The maximum Gasteiger partial charge on any atom is 0.159 e. The number of carbonyl (C=O) groups excluding carboxylic acids is 1. The SMILES string of the molecule is CC.CN.COc1ccc(C(C)=O)cc1. The second-order valence-electron chi connectivity index (χ2n) is 2.28. The third-order valence-corrected chi connectivity index (χ3v) is 1.50. The van der Waals surface area contributed by atoms with Gasteiger partial charge in [0.2, 0.25) is 0 Å². The molecule has 0 amide bonds. The maximum atomic E-state index is 10.8. The summed E-state index contributed by atoms with van der Waals surface area (Å²) < 4.78 is 4.94. The summed E-state index contributed by atoms with van der Waals surface area (Å²) in [6.07, 6.45) is 0. The molecule has 0 unspecified atom stereocenters. The van der Waals surface area contributed by atoms with E-state index in [0.717, 1.165) is 5.75 Å². The molecule has 1 aromatic rings. The predicted molar refractivity (Wildman–Crippen MR) is 64.5 cm³/mol. The summed E-state index contributed by atoms with van der Waals surface area (Å²) in [5, 5.41) is 0. The first kappa shape index (κ1) is 16.1. The van der Waals surface area contributed by atoms with E-state index in [4.69, 9.17) is 4.74 Å². The van der Waals surface area contributed by atoms with Crippen molar-refractivity contribution >= 4 is 5.78 Å². The molecule has 0 aliphatic carbocycles. The fourth-order valence-electron chi connectivity index (χ4n) is 0.826. The van der Waals surface area contributed by atoms with Crippen molar-refractivity contribution in [1.82, 2.24) is 0 Å². The van der Waals surface area contributed by atoms with Gasteiger partial charge in [-0.2, -0.15) is 0 Å². The highest BCUT2D eigenvalue weighted by molar-refractivity contribution is 5.94. The Morgan fingerprint density at radius 2 is 1.53 bits per heavy atom. The number of rotatable bonds is 2. The highest BCUT2D eigenvalue weighted by atomic mass is 16.5. The monoisotopic (exact) mass is 211 g/mol. The Morgan fingerprint density at radius 1 is 1.13 bits per heavy atom. The van der Waals surface area contributed by atoms with Crippen LogP contribution in [0.3, 0.4) is 0 Å². The summed E-state index contributed by atoms with van der Waals surface area (Å²) in [4.78, 5) is 10.8. The van der Waals surface area contributed by atoms with E-state index < -0.39 is 0 Å². The zero-order chi connectivity index (χ0) is 12.3. The van der Waals surface area contributed by atoms with Crippen molar-refractivity contribution in [2.45, 2.75) is 20.8 Å². The van der Waals surface area contributed by atoms with Gasteiger partial charge in [0.05, 0.1) is 7.11 Å². The van der Waals surface area contributed by atoms with E-state index >= 15 is 0 Å². The number of carbonyl (C=O) groups is 1. The molecule has 1 aromatic carbocycles. The molecule has 0 atom stereocenters. The van der Waals surface area contributed by atoms with E-state index in [1.165, 1.54) is 7.05 Å². The average molecular weight is 211 g/mol. The Balaban J connectivity index is 0. The van der Waals surface area contributed by atoms with Crippen molar-refractivity contribution in [1.29, 1.82) is 0 Å². The molecule has 0 saturated carbocycles. The first-order chi connectivity index (χ1) is 7.24. The van der Waals surface area contributed by atoms with Gasteiger partial charge in [-0.05, 0) is 38.2 Å². The second kappa shape index (κ2) is 10.7. The van der Waals surface area contributed by atoms with Gasteiger partial charge in [0, 0.05) is 5.56 Å².